The standard InChI is InChI=1S/C11H20N2O2S/c12-16(14,15)13-7-11-4-8-1-9(5-11)3-10(2-8)6-11/h8-10,13H,1-7H2,(H2,12,14,15). The number of hydrogen-bond donors (Lipinski definition) is 2. The van der Waals surface area contributed by atoms with Crippen molar-refractivity contribution in [2.75, 3.05) is 6.54 Å². The maximum absolute atomic E-state index is 11.0. The Kier molecular flexibility index (Phi) is 2.36. The molecule has 0 aromatic heterocycles. The van der Waals surface area contributed by atoms with Crippen LogP contribution in [0.4, 0.5) is 0 Å². The molecule has 0 amide bonds. The van der Waals surface area contributed by atoms with Crippen LogP contribution in [0.15, 0.2) is 0 Å². The summed E-state index contributed by atoms with van der Waals surface area (Å²) in [5.41, 5.74) is 0.237. The summed E-state index contributed by atoms with van der Waals surface area (Å²) in [6.45, 7) is 0.565. The van der Waals surface area contributed by atoms with Crippen LogP contribution in [-0.4, -0.2) is 15.0 Å². The van der Waals surface area contributed by atoms with Gasteiger partial charge in [0.2, 0.25) is 0 Å². The van der Waals surface area contributed by atoms with Gasteiger partial charge in [0.25, 0.3) is 10.2 Å². The second-order valence-electron chi connectivity index (χ2n) is 6.28. The molecular formula is C11H20N2O2S. The molecule has 0 aromatic carbocycles. The van der Waals surface area contributed by atoms with E-state index in [1.165, 1.54) is 38.5 Å². The fraction of sp³-hybridized carbons (Fsp3) is 1.00. The van der Waals surface area contributed by atoms with Gasteiger partial charge in [-0.2, -0.15) is 8.42 Å². The summed E-state index contributed by atoms with van der Waals surface area (Å²) in [5, 5.41) is 5.03. The molecule has 0 unspecified atom stereocenters. The van der Waals surface area contributed by atoms with Gasteiger partial charge in [0, 0.05) is 6.54 Å². The Bertz CT molecular complexity index is 356. The van der Waals surface area contributed by atoms with E-state index >= 15 is 0 Å². The Morgan fingerprint density at radius 2 is 1.50 bits per heavy atom. The van der Waals surface area contributed by atoms with Crippen LogP contribution in [0.25, 0.3) is 0 Å². The lowest BCUT2D eigenvalue weighted by atomic mass is 9.50. The highest BCUT2D eigenvalue weighted by Crippen LogP contribution is 2.59. The molecule has 4 rings (SSSR count). The molecule has 4 nitrogen and oxygen atoms in total. The third kappa shape index (κ3) is 2.00. The molecule has 0 radical (unpaired) electrons. The van der Waals surface area contributed by atoms with Crippen molar-refractivity contribution in [2.24, 2.45) is 28.3 Å². The van der Waals surface area contributed by atoms with Gasteiger partial charge >= 0.3 is 0 Å². The lowest BCUT2D eigenvalue weighted by molar-refractivity contribution is -0.0487. The molecule has 0 atom stereocenters. The number of nitrogens with one attached hydrogen (secondary N) is 1. The Morgan fingerprint density at radius 1 is 1.06 bits per heavy atom. The molecule has 0 aliphatic heterocycles. The van der Waals surface area contributed by atoms with Gasteiger partial charge in [0.1, 0.15) is 0 Å². The van der Waals surface area contributed by atoms with E-state index < -0.39 is 10.2 Å². The minimum absolute atomic E-state index is 0.237. The van der Waals surface area contributed by atoms with Gasteiger partial charge in [0.15, 0.2) is 0 Å². The first-order valence-electron chi connectivity index (χ1n) is 6.22. The molecule has 4 aliphatic rings. The first-order chi connectivity index (χ1) is 7.44. The van der Waals surface area contributed by atoms with E-state index in [9.17, 15) is 8.42 Å². The van der Waals surface area contributed by atoms with Crippen molar-refractivity contribution < 1.29 is 8.42 Å². The van der Waals surface area contributed by atoms with Crippen LogP contribution in [0, 0.1) is 23.2 Å². The molecule has 0 spiro atoms. The second kappa shape index (κ2) is 3.43. The Morgan fingerprint density at radius 3 is 1.88 bits per heavy atom. The number of rotatable bonds is 3. The van der Waals surface area contributed by atoms with Crippen LogP contribution in [0.3, 0.4) is 0 Å². The van der Waals surface area contributed by atoms with E-state index in [1.807, 2.05) is 0 Å². The molecule has 5 heteroatoms. The monoisotopic (exact) mass is 244 g/mol. The fourth-order valence-electron chi connectivity index (χ4n) is 4.76. The molecule has 16 heavy (non-hydrogen) atoms. The molecule has 4 bridgehead atoms. The van der Waals surface area contributed by atoms with Crippen LogP contribution >= 0.6 is 0 Å². The van der Waals surface area contributed by atoms with Crippen molar-refractivity contribution >= 4 is 10.2 Å². The molecule has 0 heterocycles. The highest BCUT2D eigenvalue weighted by atomic mass is 32.2. The van der Waals surface area contributed by atoms with Gasteiger partial charge in [-0.05, 0) is 61.7 Å². The summed E-state index contributed by atoms with van der Waals surface area (Å²) in [4.78, 5) is 0. The van der Waals surface area contributed by atoms with Crippen LogP contribution in [-0.2, 0) is 10.2 Å². The third-order valence-electron chi connectivity index (χ3n) is 4.81. The van der Waals surface area contributed by atoms with E-state index in [0.717, 1.165) is 17.8 Å². The lowest BCUT2D eigenvalue weighted by Gasteiger charge is -2.56. The molecule has 0 saturated heterocycles. The summed E-state index contributed by atoms with van der Waals surface area (Å²) in [6, 6.07) is 0. The van der Waals surface area contributed by atoms with E-state index in [-0.39, 0.29) is 5.41 Å². The average Bonchev–Trinajstić information content (AvgIpc) is 2.11. The van der Waals surface area contributed by atoms with Gasteiger partial charge in [-0.25, -0.2) is 9.86 Å². The largest absolute Gasteiger partial charge is 0.274 e. The highest BCUT2D eigenvalue weighted by Gasteiger charge is 2.50. The maximum atomic E-state index is 11.0. The van der Waals surface area contributed by atoms with Crippen molar-refractivity contribution in [3.63, 3.8) is 0 Å². The summed E-state index contributed by atoms with van der Waals surface area (Å²) in [6.07, 6.45) is 7.78. The average molecular weight is 244 g/mol. The Hall–Kier alpha value is -0.130. The summed E-state index contributed by atoms with van der Waals surface area (Å²) in [7, 11) is -3.52. The Balaban J connectivity index is 1.74. The molecule has 0 aromatic rings. The summed E-state index contributed by atoms with van der Waals surface area (Å²) < 4.78 is 24.5. The van der Waals surface area contributed by atoms with Gasteiger partial charge in [-0.1, -0.05) is 0 Å². The predicted octanol–water partition coefficient (Wildman–Crippen LogP) is 0.996. The van der Waals surface area contributed by atoms with E-state index in [1.54, 1.807) is 0 Å². The van der Waals surface area contributed by atoms with Crippen molar-refractivity contribution in [3.8, 4) is 0 Å². The number of hydrogen-bond acceptors (Lipinski definition) is 2. The van der Waals surface area contributed by atoms with Crippen LogP contribution < -0.4 is 9.86 Å². The smallest absolute Gasteiger partial charge is 0.216 e. The van der Waals surface area contributed by atoms with E-state index in [2.05, 4.69) is 4.72 Å². The lowest BCUT2D eigenvalue weighted by Crippen LogP contribution is -2.51. The normalized spacial score (nSPS) is 46.2. The van der Waals surface area contributed by atoms with Crippen molar-refractivity contribution in [1.29, 1.82) is 0 Å². The predicted molar refractivity (Wildman–Crippen MR) is 61.7 cm³/mol. The van der Waals surface area contributed by atoms with Crippen LogP contribution in [0.1, 0.15) is 38.5 Å². The van der Waals surface area contributed by atoms with Crippen molar-refractivity contribution in [3.05, 3.63) is 0 Å². The number of nitrogens with two attached hydrogens (primary N) is 1. The fourth-order valence-corrected chi connectivity index (χ4v) is 5.27. The molecule has 3 N–H and O–H groups in total. The molecule has 4 saturated carbocycles. The highest BCUT2D eigenvalue weighted by molar-refractivity contribution is 7.87. The van der Waals surface area contributed by atoms with Gasteiger partial charge in [-0.3, -0.25) is 0 Å². The summed E-state index contributed by atoms with van der Waals surface area (Å²) in [5.74, 6) is 2.57. The van der Waals surface area contributed by atoms with Crippen LogP contribution in [0.5, 0.6) is 0 Å². The molecule has 92 valence electrons. The second-order valence-corrected chi connectivity index (χ2v) is 7.66. The van der Waals surface area contributed by atoms with Gasteiger partial charge in [-0.15, -0.1) is 0 Å². The third-order valence-corrected chi connectivity index (χ3v) is 5.36. The topological polar surface area (TPSA) is 72.2 Å². The van der Waals surface area contributed by atoms with Gasteiger partial charge < -0.3 is 0 Å². The van der Waals surface area contributed by atoms with Crippen molar-refractivity contribution in [1.82, 2.24) is 4.72 Å². The van der Waals surface area contributed by atoms with E-state index in [4.69, 9.17) is 5.14 Å². The zero-order valence-electron chi connectivity index (χ0n) is 9.48. The minimum Gasteiger partial charge on any atom is -0.216 e. The maximum Gasteiger partial charge on any atom is 0.274 e. The first kappa shape index (κ1) is 11.0. The molecular weight excluding hydrogens is 224 g/mol. The molecule has 4 aliphatic carbocycles. The SMILES string of the molecule is NS(=O)(=O)NCC12CC3CC(CC(C3)C1)C2. The quantitative estimate of drug-likeness (QED) is 0.777. The molecule has 4 fully saturated rings. The summed E-state index contributed by atoms with van der Waals surface area (Å²) >= 11 is 0. The Labute approximate surface area is 97.2 Å². The zero-order valence-corrected chi connectivity index (χ0v) is 10.3. The zero-order chi connectivity index (χ0) is 11.4. The first-order valence-corrected chi connectivity index (χ1v) is 7.76. The van der Waals surface area contributed by atoms with E-state index in [0.29, 0.717) is 6.54 Å². The van der Waals surface area contributed by atoms with Crippen molar-refractivity contribution in [2.45, 2.75) is 38.5 Å². The minimum atomic E-state index is -3.52. The van der Waals surface area contributed by atoms with Crippen LogP contribution in [0.2, 0.25) is 0 Å². The van der Waals surface area contributed by atoms with Gasteiger partial charge in [0.05, 0.1) is 0 Å².